The molecular weight excluding hydrogens is 575 g/mol. The van der Waals surface area contributed by atoms with Crippen LogP contribution in [0.2, 0.25) is 0 Å². The van der Waals surface area contributed by atoms with E-state index >= 15 is 0 Å². The summed E-state index contributed by atoms with van der Waals surface area (Å²) >= 11 is 0. The average Bonchev–Trinajstić information content (AvgIpc) is 3.00. The number of rotatable bonds is 7. The van der Waals surface area contributed by atoms with Gasteiger partial charge in [-0.05, 0) is 63.1 Å². The van der Waals surface area contributed by atoms with Gasteiger partial charge in [-0.25, -0.2) is 9.78 Å². The molecule has 5 rings (SSSR count). The van der Waals surface area contributed by atoms with Crippen molar-refractivity contribution in [3.05, 3.63) is 54.4 Å². The fourth-order valence-electron chi connectivity index (χ4n) is 5.04. The van der Waals surface area contributed by atoms with Crippen LogP contribution in [0.25, 0.3) is 16.7 Å². The molecule has 0 bridgehead atoms. The van der Waals surface area contributed by atoms with E-state index in [1.54, 1.807) is 23.5 Å². The predicted octanol–water partition coefficient (Wildman–Crippen LogP) is 1.80. The van der Waals surface area contributed by atoms with Crippen LogP contribution in [0.1, 0.15) is 33.6 Å². The number of hydrogen-bond donors (Lipinski definition) is 1. The van der Waals surface area contributed by atoms with Crippen molar-refractivity contribution in [1.82, 2.24) is 19.9 Å². The number of aromatic nitrogens is 3. The third-order valence-electron chi connectivity index (χ3n) is 7.36. The van der Waals surface area contributed by atoms with Crippen LogP contribution in [0.15, 0.2) is 48.9 Å². The fourth-order valence-corrected chi connectivity index (χ4v) is 5.04. The van der Waals surface area contributed by atoms with Crippen molar-refractivity contribution in [2.24, 2.45) is 0 Å². The minimum atomic E-state index is -0.491. The summed E-state index contributed by atoms with van der Waals surface area (Å²) in [7, 11) is 2.09. The van der Waals surface area contributed by atoms with Crippen molar-refractivity contribution < 1.29 is 70.5 Å². The molecule has 2 aromatic heterocycles. The number of benzene rings is 1. The molecule has 12 nitrogen and oxygen atoms in total. The molecule has 0 aliphatic carbocycles. The Bertz CT molecular complexity index is 1360. The van der Waals surface area contributed by atoms with E-state index in [2.05, 4.69) is 49.4 Å². The molecule has 0 atom stereocenters. The van der Waals surface area contributed by atoms with Gasteiger partial charge in [0, 0.05) is 63.2 Å². The predicted molar refractivity (Wildman–Crippen MR) is 162 cm³/mol. The number of nitrogen functional groups attached to an aromatic ring is 1. The molecule has 1 amide bonds. The van der Waals surface area contributed by atoms with Gasteiger partial charge in [0.05, 0.1) is 25.1 Å². The zero-order valence-corrected chi connectivity index (χ0v) is 28.8. The first-order valence-electron chi connectivity index (χ1n) is 14.3. The molecule has 0 saturated carbocycles. The van der Waals surface area contributed by atoms with Crippen LogP contribution >= 0.6 is 0 Å². The molecular formula is C30H39KN8O4. The Morgan fingerprint density at radius 1 is 1.07 bits per heavy atom. The molecule has 43 heavy (non-hydrogen) atoms. The number of amides is 1. The molecule has 2 saturated heterocycles. The number of carbonyl (C=O) groups excluding carboxylic acids is 1. The first-order chi connectivity index (χ1) is 20.2. The molecule has 2 N–H and O–H groups in total. The van der Waals surface area contributed by atoms with Gasteiger partial charge in [0.2, 0.25) is 0 Å². The number of ether oxygens (including phenoxy) is 2. The van der Waals surface area contributed by atoms with E-state index in [4.69, 9.17) is 20.0 Å². The Morgan fingerprint density at radius 2 is 1.77 bits per heavy atom. The maximum atomic E-state index is 12.4. The number of nitrogens with two attached hydrogens (primary N) is 1. The summed E-state index contributed by atoms with van der Waals surface area (Å²) in [5.74, 6) is 0.877. The van der Waals surface area contributed by atoms with Gasteiger partial charge in [-0.3, -0.25) is 10.5 Å². The quantitative estimate of drug-likeness (QED) is 0.310. The van der Waals surface area contributed by atoms with Gasteiger partial charge in [0.25, 0.3) is 0 Å². The van der Waals surface area contributed by atoms with E-state index < -0.39 is 5.60 Å². The summed E-state index contributed by atoms with van der Waals surface area (Å²) in [5, 5.41) is 0. The standard InChI is InChI=1S/C30H39N8O4.K/c1-30(2,3)41-29(39)38-13-10-23(11-14-38)36(4)22-7-5-21(6-8-22)24-19-33-27(31)28(34-24)35-42-26-20-32-12-9-25(26)37-15-17-40-18-16-37;/h5-9,12,19-20,23H,10-11,13-18H2,1-4H3,(H2-,31,33,34,35);/q-1;+1. The minimum Gasteiger partial charge on any atom is -0.452 e. The van der Waals surface area contributed by atoms with Crippen LogP contribution in [0.4, 0.5) is 27.8 Å². The van der Waals surface area contributed by atoms with Gasteiger partial charge >= 0.3 is 57.5 Å². The van der Waals surface area contributed by atoms with E-state index in [1.165, 1.54) is 0 Å². The van der Waals surface area contributed by atoms with Crippen LogP contribution in [0, 0.1) is 0 Å². The van der Waals surface area contributed by atoms with Crippen molar-refractivity contribution in [3.63, 3.8) is 0 Å². The third-order valence-corrected chi connectivity index (χ3v) is 7.36. The summed E-state index contributed by atoms with van der Waals surface area (Å²) in [6, 6.07) is 10.3. The van der Waals surface area contributed by atoms with Crippen LogP contribution in [-0.4, -0.2) is 84.0 Å². The zero-order valence-electron chi connectivity index (χ0n) is 25.7. The summed E-state index contributed by atoms with van der Waals surface area (Å²) in [5.41, 5.74) is 13.3. The van der Waals surface area contributed by atoms with E-state index in [-0.39, 0.29) is 69.1 Å². The SMILES string of the molecule is CN(c1ccc(-c2cnc(N)c([N-]Oc3cnccc3N3CCOCC3)n2)cc1)C1CCN(C(=O)OC(C)(C)C)CC1.[K+]. The Kier molecular flexibility index (Phi) is 11.5. The largest absolute Gasteiger partial charge is 1.00 e. The van der Waals surface area contributed by atoms with Crippen molar-refractivity contribution in [1.29, 1.82) is 0 Å². The molecule has 1 aromatic carbocycles. The molecule has 0 unspecified atom stereocenters. The summed E-state index contributed by atoms with van der Waals surface area (Å²) in [4.78, 5) is 37.5. The molecule has 2 aliphatic rings. The van der Waals surface area contributed by atoms with Gasteiger partial charge in [-0.15, -0.1) is 0 Å². The van der Waals surface area contributed by atoms with E-state index in [9.17, 15) is 4.79 Å². The molecule has 0 spiro atoms. The van der Waals surface area contributed by atoms with E-state index in [0.29, 0.717) is 43.8 Å². The minimum absolute atomic E-state index is 0. The molecule has 224 valence electrons. The Morgan fingerprint density at radius 3 is 2.44 bits per heavy atom. The number of morpholine rings is 1. The molecule has 13 heteroatoms. The van der Waals surface area contributed by atoms with Crippen molar-refractivity contribution >= 4 is 29.1 Å². The fraction of sp³-hybridized carbons (Fsp3) is 0.467. The number of carbonyl (C=O) groups is 1. The maximum Gasteiger partial charge on any atom is 1.00 e. The van der Waals surface area contributed by atoms with Crippen molar-refractivity contribution in [2.75, 3.05) is 62.0 Å². The normalized spacial score (nSPS) is 15.8. The average molecular weight is 615 g/mol. The Hall–Kier alpha value is -2.68. The molecule has 0 radical (unpaired) electrons. The number of pyridine rings is 1. The first-order valence-corrected chi connectivity index (χ1v) is 14.3. The van der Waals surface area contributed by atoms with Gasteiger partial charge in [-0.1, -0.05) is 12.1 Å². The second-order valence-corrected chi connectivity index (χ2v) is 11.4. The number of nitrogens with zero attached hydrogens (tertiary/aromatic N) is 7. The molecule has 4 heterocycles. The summed E-state index contributed by atoms with van der Waals surface area (Å²) in [6.45, 7) is 9.83. The number of hydrogen-bond acceptors (Lipinski definition) is 10. The van der Waals surface area contributed by atoms with E-state index in [0.717, 1.165) is 42.9 Å². The van der Waals surface area contributed by atoms with Crippen molar-refractivity contribution in [3.8, 4) is 17.0 Å². The molecule has 3 aromatic rings. The van der Waals surface area contributed by atoms with Crippen LogP contribution < -0.4 is 71.8 Å². The van der Waals surface area contributed by atoms with Crippen LogP contribution in [-0.2, 0) is 9.47 Å². The number of anilines is 3. The van der Waals surface area contributed by atoms with Crippen LogP contribution in [0.5, 0.6) is 5.75 Å². The Labute approximate surface area is 295 Å². The van der Waals surface area contributed by atoms with Gasteiger partial charge in [0.15, 0.2) is 5.75 Å². The second-order valence-electron chi connectivity index (χ2n) is 11.4. The monoisotopic (exact) mass is 614 g/mol. The summed E-state index contributed by atoms with van der Waals surface area (Å²) < 4.78 is 11.0. The van der Waals surface area contributed by atoms with Crippen LogP contribution in [0.3, 0.4) is 0 Å². The zero-order chi connectivity index (χ0) is 29.7. The van der Waals surface area contributed by atoms with Gasteiger partial charge < -0.3 is 39.7 Å². The maximum absolute atomic E-state index is 12.4. The van der Waals surface area contributed by atoms with E-state index in [1.807, 2.05) is 39.0 Å². The first kappa shape index (κ1) is 33.2. The third kappa shape index (κ3) is 8.70. The second kappa shape index (κ2) is 14.9. The number of likely N-dealkylation sites (tertiary alicyclic amines) is 1. The van der Waals surface area contributed by atoms with Gasteiger partial charge in [-0.2, -0.15) is 0 Å². The smallest absolute Gasteiger partial charge is 0.452 e. The van der Waals surface area contributed by atoms with Crippen molar-refractivity contribution in [2.45, 2.75) is 45.3 Å². The molecule has 2 fully saturated rings. The Balaban J connectivity index is 0.00000423. The topological polar surface area (TPSA) is 133 Å². The van der Waals surface area contributed by atoms with Gasteiger partial charge in [0.1, 0.15) is 11.4 Å². The molecule has 2 aliphatic heterocycles. The number of piperidine rings is 1. The summed E-state index contributed by atoms with van der Waals surface area (Å²) in [6.07, 6.45) is 6.47.